The molecule has 4 nitrogen and oxygen atoms in total. The molecule has 1 atom stereocenters. The molecule has 29 heavy (non-hydrogen) atoms. The number of nitrogens with one attached hydrogen (secondary N) is 1. The lowest BCUT2D eigenvalue weighted by molar-refractivity contribution is 0.439. The third-order valence-corrected chi connectivity index (χ3v) is 7.26. The van der Waals surface area contributed by atoms with Crippen LogP contribution in [0, 0.1) is 12.8 Å². The monoisotopic (exact) mass is 405 g/mol. The molecule has 0 bridgehead atoms. The summed E-state index contributed by atoms with van der Waals surface area (Å²) in [5, 5.41) is 2.80. The van der Waals surface area contributed by atoms with E-state index in [-0.39, 0.29) is 4.90 Å². The molecule has 0 radical (unpaired) electrons. The van der Waals surface area contributed by atoms with Crippen LogP contribution in [0.5, 0.6) is 0 Å². The number of hydrogen-bond acceptors (Lipinski definition) is 3. The summed E-state index contributed by atoms with van der Waals surface area (Å²) < 4.78 is 35.2. The largest absolute Gasteiger partial charge is 0.460 e. The average Bonchev–Trinajstić information content (AvgIpc) is 3.06. The Labute approximate surface area is 170 Å². The van der Waals surface area contributed by atoms with E-state index in [9.17, 15) is 8.42 Å². The number of sulfonamides is 1. The minimum absolute atomic E-state index is 0.259. The standard InChI is InChI=1S/C24H23NO3S/c1-15-7-10-17(11-8-15)29(26,27)25-22-14-21-20-13-16(2)9-12-23(20)28-24(21)19-6-4-3-5-18(19)22/h3-8,10-11,14,16,25H,9,12-13H2,1-2H3/t16-/m0/s1. The highest BCUT2D eigenvalue weighted by Crippen LogP contribution is 2.40. The van der Waals surface area contributed by atoms with Gasteiger partial charge in [-0.25, -0.2) is 8.42 Å². The van der Waals surface area contributed by atoms with Crippen LogP contribution < -0.4 is 4.72 Å². The van der Waals surface area contributed by atoms with Crippen molar-refractivity contribution in [1.29, 1.82) is 0 Å². The van der Waals surface area contributed by atoms with Crippen molar-refractivity contribution in [1.82, 2.24) is 0 Å². The minimum atomic E-state index is -3.69. The van der Waals surface area contributed by atoms with Crippen LogP contribution in [0.2, 0.25) is 0 Å². The van der Waals surface area contributed by atoms with Gasteiger partial charge in [-0.2, -0.15) is 0 Å². The summed E-state index contributed by atoms with van der Waals surface area (Å²) in [5.41, 5.74) is 3.70. The zero-order chi connectivity index (χ0) is 20.2. The van der Waals surface area contributed by atoms with Crippen LogP contribution >= 0.6 is 0 Å². The van der Waals surface area contributed by atoms with Gasteiger partial charge in [-0.05, 0) is 43.9 Å². The predicted octanol–water partition coefficient (Wildman–Crippen LogP) is 5.82. The highest BCUT2D eigenvalue weighted by Gasteiger charge is 2.25. The Balaban J connectivity index is 1.70. The van der Waals surface area contributed by atoms with Crippen molar-refractivity contribution >= 4 is 37.5 Å². The second-order valence-electron chi connectivity index (χ2n) is 8.12. The third-order valence-electron chi connectivity index (χ3n) is 5.87. The fraction of sp³-hybridized carbons (Fsp3) is 0.250. The van der Waals surface area contributed by atoms with Gasteiger partial charge in [0, 0.05) is 28.1 Å². The number of hydrogen-bond donors (Lipinski definition) is 1. The van der Waals surface area contributed by atoms with E-state index in [1.54, 1.807) is 12.1 Å². The zero-order valence-electron chi connectivity index (χ0n) is 16.5. The lowest BCUT2D eigenvalue weighted by atomic mass is 9.87. The Morgan fingerprint density at radius 3 is 2.48 bits per heavy atom. The molecule has 4 aromatic rings. The quantitative estimate of drug-likeness (QED) is 0.467. The van der Waals surface area contributed by atoms with Gasteiger partial charge in [0.25, 0.3) is 10.0 Å². The van der Waals surface area contributed by atoms with Gasteiger partial charge in [0.15, 0.2) is 0 Å². The van der Waals surface area contributed by atoms with Crippen molar-refractivity contribution in [3.63, 3.8) is 0 Å². The smallest absolute Gasteiger partial charge is 0.261 e. The first-order valence-electron chi connectivity index (χ1n) is 9.98. The molecule has 148 valence electrons. The molecule has 5 rings (SSSR count). The molecule has 0 saturated carbocycles. The topological polar surface area (TPSA) is 59.3 Å². The second kappa shape index (κ2) is 6.63. The number of benzene rings is 3. The first-order chi connectivity index (χ1) is 13.9. The van der Waals surface area contributed by atoms with Crippen LogP contribution in [-0.2, 0) is 22.9 Å². The molecule has 0 aliphatic heterocycles. The molecule has 1 heterocycles. The van der Waals surface area contributed by atoms with E-state index in [0.717, 1.165) is 52.3 Å². The van der Waals surface area contributed by atoms with E-state index in [4.69, 9.17) is 4.42 Å². The van der Waals surface area contributed by atoms with E-state index in [2.05, 4.69) is 11.6 Å². The fourth-order valence-electron chi connectivity index (χ4n) is 4.28. The van der Waals surface area contributed by atoms with E-state index < -0.39 is 10.0 Å². The average molecular weight is 406 g/mol. The molecular formula is C24H23NO3S. The molecule has 1 aliphatic carbocycles. The zero-order valence-corrected chi connectivity index (χ0v) is 17.3. The van der Waals surface area contributed by atoms with Crippen molar-refractivity contribution in [3.8, 4) is 0 Å². The van der Waals surface area contributed by atoms with Crippen LogP contribution in [0.3, 0.4) is 0 Å². The van der Waals surface area contributed by atoms with Crippen LogP contribution in [0.1, 0.15) is 30.2 Å². The SMILES string of the molecule is Cc1ccc(S(=O)(=O)Nc2cc3c4c(oc3c3ccccc23)CC[C@H](C)C4)cc1. The second-order valence-corrected chi connectivity index (χ2v) is 9.80. The maximum absolute atomic E-state index is 13.0. The number of furan rings is 1. The summed E-state index contributed by atoms with van der Waals surface area (Å²) >= 11 is 0. The Hall–Kier alpha value is -2.79. The number of anilines is 1. The maximum atomic E-state index is 13.0. The summed E-state index contributed by atoms with van der Waals surface area (Å²) in [4.78, 5) is 0.259. The van der Waals surface area contributed by atoms with Crippen molar-refractivity contribution in [3.05, 3.63) is 71.5 Å². The predicted molar refractivity (Wildman–Crippen MR) is 117 cm³/mol. The summed E-state index contributed by atoms with van der Waals surface area (Å²) in [5.74, 6) is 1.64. The van der Waals surface area contributed by atoms with E-state index in [1.807, 2.05) is 49.4 Å². The van der Waals surface area contributed by atoms with Gasteiger partial charge in [0.05, 0.1) is 10.6 Å². The Kier molecular flexibility index (Phi) is 4.17. The van der Waals surface area contributed by atoms with Gasteiger partial charge in [-0.1, -0.05) is 48.9 Å². The Morgan fingerprint density at radius 2 is 1.72 bits per heavy atom. The lowest BCUT2D eigenvalue weighted by Crippen LogP contribution is -2.13. The Bertz CT molecular complexity index is 1330. The van der Waals surface area contributed by atoms with E-state index in [1.165, 1.54) is 5.56 Å². The number of rotatable bonds is 3. The van der Waals surface area contributed by atoms with E-state index in [0.29, 0.717) is 11.6 Å². The van der Waals surface area contributed by atoms with Crippen molar-refractivity contribution < 1.29 is 12.8 Å². The third kappa shape index (κ3) is 3.10. The fourth-order valence-corrected chi connectivity index (χ4v) is 5.35. The first-order valence-corrected chi connectivity index (χ1v) is 11.5. The Morgan fingerprint density at radius 1 is 1.00 bits per heavy atom. The summed E-state index contributed by atoms with van der Waals surface area (Å²) in [6, 6.07) is 16.7. The maximum Gasteiger partial charge on any atom is 0.261 e. The van der Waals surface area contributed by atoms with Gasteiger partial charge >= 0.3 is 0 Å². The van der Waals surface area contributed by atoms with Gasteiger partial charge in [-0.15, -0.1) is 0 Å². The number of fused-ring (bicyclic) bond motifs is 5. The van der Waals surface area contributed by atoms with Crippen LogP contribution in [-0.4, -0.2) is 8.42 Å². The molecule has 1 aromatic heterocycles. The van der Waals surface area contributed by atoms with Crippen molar-refractivity contribution in [2.45, 2.75) is 38.0 Å². The molecule has 1 N–H and O–H groups in total. The molecule has 1 aliphatic rings. The number of aryl methyl sites for hydroxylation is 2. The van der Waals surface area contributed by atoms with Gasteiger partial charge in [0.1, 0.15) is 11.3 Å². The van der Waals surface area contributed by atoms with Gasteiger partial charge in [0.2, 0.25) is 0 Å². The highest BCUT2D eigenvalue weighted by molar-refractivity contribution is 7.92. The van der Waals surface area contributed by atoms with Crippen molar-refractivity contribution in [2.75, 3.05) is 4.72 Å². The van der Waals surface area contributed by atoms with E-state index >= 15 is 0 Å². The van der Waals surface area contributed by atoms with Crippen LogP contribution in [0.4, 0.5) is 5.69 Å². The summed E-state index contributed by atoms with van der Waals surface area (Å²) in [7, 11) is -3.69. The molecule has 0 saturated heterocycles. The molecular weight excluding hydrogens is 382 g/mol. The summed E-state index contributed by atoms with van der Waals surface area (Å²) in [6.45, 7) is 4.19. The van der Waals surface area contributed by atoms with Crippen molar-refractivity contribution in [2.24, 2.45) is 5.92 Å². The minimum Gasteiger partial charge on any atom is -0.460 e. The highest BCUT2D eigenvalue weighted by atomic mass is 32.2. The summed E-state index contributed by atoms with van der Waals surface area (Å²) in [6.07, 6.45) is 3.02. The molecule has 0 fully saturated rings. The van der Waals surface area contributed by atoms with Gasteiger partial charge in [-0.3, -0.25) is 4.72 Å². The first kappa shape index (κ1) is 18.3. The van der Waals surface area contributed by atoms with Crippen LogP contribution in [0.15, 0.2) is 63.9 Å². The molecule has 0 amide bonds. The lowest BCUT2D eigenvalue weighted by Gasteiger charge is -2.17. The van der Waals surface area contributed by atoms with Gasteiger partial charge < -0.3 is 4.42 Å². The normalized spacial score (nSPS) is 16.8. The van der Waals surface area contributed by atoms with Crippen LogP contribution in [0.25, 0.3) is 21.7 Å². The molecule has 0 unspecified atom stereocenters. The molecule has 5 heteroatoms. The molecule has 3 aromatic carbocycles. The molecule has 0 spiro atoms.